The van der Waals surface area contributed by atoms with E-state index in [1.54, 1.807) is 0 Å². The Kier molecular flexibility index (Phi) is 7.53. The smallest absolute Gasteiger partial charge is 0.0467 e. The van der Waals surface area contributed by atoms with Crippen LogP contribution in [0.3, 0.4) is 0 Å². The van der Waals surface area contributed by atoms with Crippen molar-refractivity contribution in [3.8, 4) is 33.4 Å². The lowest BCUT2D eigenvalue weighted by molar-refractivity contribution is 1.27. The molecule has 1 nitrogen and oxygen atoms in total. The van der Waals surface area contributed by atoms with Crippen LogP contribution in [0.2, 0.25) is 0 Å². The van der Waals surface area contributed by atoms with Gasteiger partial charge in [0.15, 0.2) is 0 Å². The van der Waals surface area contributed by atoms with E-state index in [9.17, 15) is 0 Å². The van der Waals surface area contributed by atoms with Crippen molar-refractivity contribution < 1.29 is 0 Å². The van der Waals surface area contributed by atoms with Crippen molar-refractivity contribution in [3.63, 3.8) is 0 Å². The molecule has 0 aliphatic heterocycles. The van der Waals surface area contributed by atoms with Crippen LogP contribution in [-0.4, -0.2) is 0 Å². The first kappa shape index (κ1) is 30.1. The summed E-state index contributed by atoms with van der Waals surface area (Å²) in [6, 6.07) is 64.1. The van der Waals surface area contributed by atoms with Crippen molar-refractivity contribution in [1.82, 2.24) is 0 Å². The Balaban J connectivity index is 1.13. The first-order chi connectivity index (χ1) is 24.6. The number of fused-ring (bicyclic) bond motifs is 4. The largest absolute Gasteiger partial charge is 0.310 e. The van der Waals surface area contributed by atoms with Gasteiger partial charge in [-0.05, 0) is 106 Å². The highest BCUT2D eigenvalue weighted by atomic mass is 32.1. The van der Waals surface area contributed by atoms with Gasteiger partial charge in [-0.2, -0.15) is 0 Å². The summed E-state index contributed by atoms with van der Waals surface area (Å²) < 4.78 is 2.68. The molecule has 0 atom stereocenters. The summed E-state index contributed by atoms with van der Waals surface area (Å²) in [7, 11) is 0. The number of para-hydroxylation sites is 2. The van der Waals surface area contributed by atoms with Gasteiger partial charge in [-0.3, -0.25) is 0 Å². The maximum atomic E-state index is 2.36. The van der Waals surface area contributed by atoms with E-state index in [2.05, 4.69) is 195 Å². The zero-order chi connectivity index (χ0) is 33.6. The molecule has 0 unspecified atom stereocenters. The van der Waals surface area contributed by atoms with Gasteiger partial charge < -0.3 is 4.90 Å². The minimum atomic E-state index is 1.14. The molecule has 238 valence electrons. The van der Waals surface area contributed by atoms with E-state index in [1.165, 1.54) is 75.5 Å². The molecule has 0 bridgehead atoms. The highest BCUT2D eigenvalue weighted by Gasteiger charge is 2.17. The number of thiophene rings is 1. The number of benzene rings is 8. The van der Waals surface area contributed by atoms with Gasteiger partial charge in [0, 0.05) is 42.8 Å². The molecule has 1 heterocycles. The first-order valence-electron chi connectivity index (χ1n) is 17.2. The Morgan fingerprint density at radius 1 is 0.360 bits per heavy atom. The minimum absolute atomic E-state index is 1.14. The maximum absolute atomic E-state index is 2.36. The van der Waals surface area contributed by atoms with Crippen LogP contribution in [0.1, 0.15) is 11.1 Å². The standard InChI is InChI=1S/C48H35NS/c1-32-24-26-37(49(35-14-5-3-6-15-35)36-16-7-4-8-17-36)31-46(32)38-27-25-34(30-33(38)2)39-28-29-42(41-19-10-9-18-40(39)41)44-21-13-22-45-43-20-11-12-23-47(43)50-48(44)45/h3-31H,1-2H3. The lowest BCUT2D eigenvalue weighted by atomic mass is 9.89. The summed E-state index contributed by atoms with van der Waals surface area (Å²) in [6.07, 6.45) is 0. The zero-order valence-electron chi connectivity index (χ0n) is 28.1. The molecule has 50 heavy (non-hydrogen) atoms. The molecular formula is C48H35NS. The summed E-state index contributed by atoms with van der Waals surface area (Å²) >= 11 is 1.89. The fraction of sp³-hybridized carbons (Fsp3) is 0.0417. The fourth-order valence-corrected chi connectivity index (χ4v) is 8.75. The summed E-state index contributed by atoms with van der Waals surface area (Å²) in [4.78, 5) is 2.33. The highest BCUT2D eigenvalue weighted by Crippen LogP contribution is 2.44. The van der Waals surface area contributed by atoms with E-state index < -0.39 is 0 Å². The number of nitrogens with zero attached hydrogens (tertiary/aromatic N) is 1. The second kappa shape index (κ2) is 12.5. The average molecular weight is 658 g/mol. The molecule has 0 N–H and O–H groups in total. The Hall–Kier alpha value is -5.96. The Morgan fingerprint density at radius 3 is 1.68 bits per heavy atom. The molecule has 9 aromatic rings. The SMILES string of the molecule is Cc1cc(-c2ccc(-c3cccc4c3sc3ccccc34)c3ccccc23)ccc1-c1cc(N(c2ccccc2)c2ccccc2)ccc1C. The van der Waals surface area contributed by atoms with Crippen LogP contribution in [0.5, 0.6) is 0 Å². The van der Waals surface area contributed by atoms with E-state index >= 15 is 0 Å². The van der Waals surface area contributed by atoms with E-state index in [1.807, 2.05) is 11.3 Å². The first-order valence-corrected chi connectivity index (χ1v) is 18.0. The van der Waals surface area contributed by atoms with Gasteiger partial charge in [-0.15, -0.1) is 11.3 Å². The molecule has 0 aliphatic rings. The van der Waals surface area contributed by atoms with Crippen LogP contribution in [0.4, 0.5) is 17.1 Å². The molecule has 0 spiro atoms. The second-order valence-corrected chi connectivity index (χ2v) is 14.1. The molecule has 0 saturated heterocycles. The Morgan fingerprint density at radius 2 is 0.960 bits per heavy atom. The third-order valence-electron chi connectivity index (χ3n) is 9.95. The van der Waals surface area contributed by atoms with Gasteiger partial charge in [-0.1, -0.05) is 133 Å². The van der Waals surface area contributed by atoms with Gasteiger partial charge >= 0.3 is 0 Å². The minimum Gasteiger partial charge on any atom is -0.310 e. The third kappa shape index (κ3) is 5.17. The summed E-state index contributed by atoms with van der Waals surface area (Å²) in [5.41, 5.74) is 13.5. The lowest BCUT2D eigenvalue weighted by Gasteiger charge is -2.26. The number of hydrogen-bond donors (Lipinski definition) is 0. The quantitative estimate of drug-likeness (QED) is 0.172. The van der Waals surface area contributed by atoms with Gasteiger partial charge in [0.05, 0.1) is 0 Å². The molecule has 0 radical (unpaired) electrons. The topological polar surface area (TPSA) is 3.24 Å². The van der Waals surface area contributed by atoms with Crippen molar-refractivity contribution in [2.45, 2.75) is 13.8 Å². The summed E-state index contributed by atoms with van der Waals surface area (Å²) in [5, 5.41) is 5.22. The van der Waals surface area contributed by atoms with E-state index in [-0.39, 0.29) is 0 Å². The predicted octanol–water partition coefficient (Wildman–Crippen LogP) is 14.3. The summed E-state index contributed by atoms with van der Waals surface area (Å²) in [6.45, 7) is 4.46. The van der Waals surface area contributed by atoms with Crippen molar-refractivity contribution in [3.05, 3.63) is 187 Å². The fourth-order valence-electron chi connectivity index (χ4n) is 7.52. The third-order valence-corrected chi connectivity index (χ3v) is 11.2. The van der Waals surface area contributed by atoms with Crippen LogP contribution >= 0.6 is 11.3 Å². The van der Waals surface area contributed by atoms with Gasteiger partial charge in [-0.25, -0.2) is 0 Å². The molecular weight excluding hydrogens is 623 g/mol. The zero-order valence-corrected chi connectivity index (χ0v) is 28.9. The van der Waals surface area contributed by atoms with Crippen LogP contribution < -0.4 is 4.90 Å². The van der Waals surface area contributed by atoms with E-state index in [0.717, 1.165) is 17.1 Å². The van der Waals surface area contributed by atoms with Crippen molar-refractivity contribution in [1.29, 1.82) is 0 Å². The van der Waals surface area contributed by atoms with Crippen molar-refractivity contribution in [2.24, 2.45) is 0 Å². The normalized spacial score (nSPS) is 11.4. The number of rotatable bonds is 6. The van der Waals surface area contributed by atoms with Crippen molar-refractivity contribution in [2.75, 3.05) is 4.90 Å². The second-order valence-electron chi connectivity index (χ2n) is 13.0. The molecule has 8 aromatic carbocycles. The van der Waals surface area contributed by atoms with Crippen LogP contribution in [0, 0.1) is 13.8 Å². The van der Waals surface area contributed by atoms with Crippen LogP contribution in [0.15, 0.2) is 176 Å². The monoisotopic (exact) mass is 657 g/mol. The van der Waals surface area contributed by atoms with Gasteiger partial charge in [0.2, 0.25) is 0 Å². The average Bonchev–Trinajstić information content (AvgIpc) is 3.55. The number of anilines is 3. The molecule has 0 amide bonds. The van der Waals surface area contributed by atoms with Crippen molar-refractivity contribution >= 4 is 59.3 Å². The molecule has 2 heteroatoms. The number of aryl methyl sites for hydroxylation is 2. The van der Waals surface area contributed by atoms with Gasteiger partial charge in [0.1, 0.15) is 0 Å². The van der Waals surface area contributed by atoms with Crippen LogP contribution in [-0.2, 0) is 0 Å². The maximum Gasteiger partial charge on any atom is 0.0467 e. The lowest BCUT2D eigenvalue weighted by Crippen LogP contribution is -2.10. The predicted molar refractivity (Wildman–Crippen MR) is 217 cm³/mol. The van der Waals surface area contributed by atoms with E-state index in [0.29, 0.717) is 0 Å². The van der Waals surface area contributed by atoms with Gasteiger partial charge in [0.25, 0.3) is 0 Å². The highest BCUT2D eigenvalue weighted by molar-refractivity contribution is 7.26. The molecule has 1 aromatic heterocycles. The molecule has 0 fully saturated rings. The molecule has 9 rings (SSSR count). The Bertz CT molecular complexity index is 2630. The van der Waals surface area contributed by atoms with E-state index in [4.69, 9.17) is 0 Å². The van der Waals surface area contributed by atoms with Crippen LogP contribution in [0.25, 0.3) is 64.3 Å². The molecule has 0 saturated carbocycles. The summed E-state index contributed by atoms with van der Waals surface area (Å²) in [5.74, 6) is 0. The molecule has 0 aliphatic carbocycles. The Labute approximate surface area is 297 Å². The number of hydrogen-bond acceptors (Lipinski definition) is 2.